The van der Waals surface area contributed by atoms with Gasteiger partial charge in [0, 0.05) is 12.2 Å². The number of fused-ring (bicyclic) bond motifs is 1. The molecule has 2 aliphatic rings. The van der Waals surface area contributed by atoms with E-state index in [0.29, 0.717) is 23.7 Å². The Morgan fingerprint density at radius 2 is 2.07 bits per heavy atom. The summed E-state index contributed by atoms with van der Waals surface area (Å²) in [6.07, 6.45) is 1.76. The third kappa shape index (κ3) is 4.84. The number of aliphatic imine (C=N–C) groups is 1. The smallest absolute Gasteiger partial charge is 0.338 e. The van der Waals surface area contributed by atoms with Gasteiger partial charge in [-0.25, -0.2) is 9.79 Å². The molecule has 0 aromatic heterocycles. The lowest BCUT2D eigenvalue weighted by atomic mass is 9.94. The average molecular weight is 426 g/mol. The summed E-state index contributed by atoms with van der Waals surface area (Å²) in [4.78, 5) is 32.0. The van der Waals surface area contributed by atoms with E-state index in [2.05, 4.69) is 30.7 Å². The third-order valence-corrected chi connectivity index (χ3v) is 5.61. The highest BCUT2D eigenvalue weighted by atomic mass is 32.2. The normalized spacial score (nSPS) is 18.0. The van der Waals surface area contributed by atoms with E-state index >= 15 is 0 Å². The number of esters is 1. The monoisotopic (exact) mass is 425 g/mol. The number of carbonyl (C=O) groups excluding carboxylic acids is 2. The minimum atomic E-state index is -0.426. The fourth-order valence-corrected chi connectivity index (χ4v) is 4.30. The Kier molecular flexibility index (Phi) is 7.15. The van der Waals surface area contributed by atoms with Gasteiger partial charge in [-0.1, -0.05) is 68.6 Å². The van der Waals surface area contributed by atoms with E-state index in [0.717, 1.165) is 16.4 Å². The van der Waals surface area contributed by atoms with Crippen LogP contribution in [0.3, 0.4) is 0 Å². The number of nitrogens with one attached hydrogen (secondary N) is 1. The van der Waals surface area contributed by atoms with Crippen LogP contribution in [0.4, 0.5) is 0 Å². The van der Waals surface area contributed by atoms with Gasteiger partial charge in [0.25, 0.3) is 0 Å². The van der Waals surface area contributed by atoms with E-state index in [1.54, 1.807) is 6.08 Å². The number of benzene rings is 1. The SMILES string of the molecule is C=CCOC(=O)C1=C(C)N=C2SC=C(CC(=O)NCC(C)C)N2C1c1ccccc1. The van der Waals surface area contributed by atoms with Crippen LogP contribution in [-0.4, -0.2) is 35.1 Å². The van der Waals surface area contributed by atoms with Crippen LogP contribution in [-0.2, 0) is 14.3 Å². The first kappa shape index (κ1) is 21.9. The molecule has 2 heterocycles. The molecule has 0 radical (unpaired) electrons. The van der Waals surface area contributed by atoms with Gasteiger partial charge in [0.15, 0.2) is 5.17 Å². The van der Waals surface area contributed by atoms with Gasteiger partial charge >= 0.3 is 5.97 Å². The Bertz CT molecular complexity index is 919. The van der Waals surface area contributed by atoms with E-state index in [1.165, 1.54) is 11.8 Å². The van der Waals surface area contributed by atoms with E-state index in [4.69, 9.17) is 4.74 Å². The second kappa shape index (κ2) is 9.80. The van der Waals surface area contributed by atoms with Crippen LogP contribution in [0.1, 0.15) is 38.8 Å². The molecule has 3 rings (SSSR count). The Morgan fingerprint density at radius 1 is 1.33 bits per heavy atom. The largest absolute Gasteiger partial charge is 0.458 e. The van der Waals surface area contributed by atoms with E-state index in [1.807, 2.05) is 47.6 Å². The maximum Gasteiger partial charge on any atom is 0.338 e. The van der Waals surface area contributed by atoms with Crippen LogP contribution >= 0.6 is 11.8 Å². The summed E-state index contributed by atoms with van der Waals surface area (Å²) in [6.45, 7) is 10.3. The summed E-state index contributed by atoms with van der Waals surface area (Å²) in [6, 6.07) is 9.34. The molecule has 1 atom stereocenters. The molecule has 6 nitrogen and oxygen atoms in total. The number of amidine groups is 1. The summed E-state index contributed by atoms with van der Waals surface area (Å²) in [7, 11) is 0. The van der Waals surface area contributed by atoms with E-state index < -0.39 is 12.0 Å². The van der Waals surface area contributed by atoms with Crippen LogP contribution in [0.5, 0.6) is 0 Å². The predicted molar refractivity (Wildman–Crippen MR) is 120 cm³/mol. The summed E-state index contributed by atoms with van der Waals surface area (Å²) >= 11 is 1.47. The standard InChI is InChI=1S/C23H27N3O3S/c1-5-11-29-22(28)20-16(4)25-23-26(21(20)17-9-7-6-8-10-17)18(14-30-23)12-19(27)24-13-15(2)3/h5-10,14-15,21H,1,11-13H2,2-4H3,(H,24,27). The van der Waals surface area contributed by atoms with Crippen molar-refractivity contribution in [2.75, 3.05) is 13.2 Å². The molecule has 0 spiro atoms. The van der Waals surface area contributed by atoms with Crippen LogP contribution in [0.25, 0.3) is 0 Å². The lowest BCUT2D eigenvalue weighted by molar-refractivity contribution is -0.138. The van der Waals surface area contributed by atoms with Gasteiger partial charge in [0.2, 0.25) is 5.91 Å². The average Bonchev–Trinajstić information content (AvgIpc) is 3.12. The predicted octanol–water partition coefficient (Wildman–Crippen LogP) is 4.15. The third-order valence-electron chi connectivity index (χ3n) is 4.72. The van der Waals surface area contributed by atoms with Crippen molar-refractivity contribution in [2.45, 2.75) is 33.2 Å². The van der Waals surface area contributed by atoms with Crippen LogP contribution in [0.15, 0.2) is 70.4 Å². The molecule has 2 aliphatic heterocycles. The second-order valence-electron chi connectivity index (χ2n) is 7.57. The summed E-state index contributed by atoms with van der Waals surface area (Å²) < 4.78 is 5.37. The second-order valence-corrected chi connectivity index (χ2v) is 8.40. The summed E-state index contributed by atoms with van der Waals surface area (Å²) in [5.41, 5.74) is 2.85. The number of nitrogens with zero attached hydrogens (tertiary/aromatic N) is 2. The quantitative estimate of drug-likeness (QED) is 0.500. The van der Waals surface area contributed by atoms with Crippen molar-refractivity contribution < 1.29 is 14.3 Å². The lowest BCUT2D eigenvalue weighted by Gasteiger charge is -2.36. The highest BCUT2D eigenvalue weighted by Gasteiger charge is 2.41. The first-order valence-corrected chi connectivity index (χ1v) is 10.8. The Morgan fingerprint density at radius 3 is 2.73 bits per heavy atom. The molecule has 0 saturated heterocycles. The molecule has 1 aromatic rings. The van der Waals surface area contributed by atoms with E-state index in [9.17, 15) is 9.59 Å². The number of allylic oxidation sites excluding steroid dienone is 1. The van der Waals surface area contributed by atoms with Gasteiger partial charge in [-0.2, -0.15) is 0 Å². The molecule has 1 N–H and O–H groups in total. The number of hydrogen-bond donors (Lipinski definition) is 1. The van der Waals surface area contributed by atoms with Crippen molar-refractivity contribution in [3.05, 3.63) is 70.9 Å². The van der Waals surface area contributed by atoms with Gasteiger partial charge in [-0.05, 0) is 23.8 Å². The molecule has 0 aliphatic carbocycles. The number of rotatable bonds is 8. The number of hydrogen-bond acceptors (Lipinski definition) is 6. The van der Waals surface area contributed by atoms with Crippen LogP contribution in [0, 0.1) is 5.92 Å². The zero-order chi connectivity index (χ0) is 21.7. The molecule has 1 unspecified atom stereocenters. The van der Waals surface area contributed by atoms with Gasteiger partial charge < -0.3 is 15.0 Å². The zero-order valence-corrected chi connectivity index (χ0v) is 18.4. The topological polar surface area (TPSA) is 71.0 Å². The molecule has 1 amide bonds. The van der Waals surface area contributed by atoms with Gasteiger partial charge in [0.1, 0.15) is 6.61 Å². The molecule has 158 valence electrons. The highest BCUT2D eigenvalue weighted by Crippen LogP contribution is 2.44. The number of amides is 1. The van der Waals surface area contributed by atoms with Gasteiger partial charge in [0.05, 0.1) is 23.7 Å². The summed E-state index contributed by atoms with van der Waals surface area (Å²) in [5.74, 6) is -0.0999. The number of carbonyl (C=O) groups is 2. The van der Waals surface area contributed by atoms with E-state index in [-0.39, 0.29) is 18.9 Å². The molecular weight excluding hydrogens is 398 g/mol. The first-order chi connectivity index (χ1) is 14.4. The minimum absolute atomic E-state index is 0.0503. The van der Waals surface area contributed by atoms with Crippen LogP contribution in [0.2, 0.25) is 0 Å². The fourth-order valence-electron chi connectivity index (χ4n) is 3.34. The molecule has 0 bridgehead atoms. The van der Waals surface area contributed by atoms with Crippen molar-refractivity contribution in [2.24, 2.45) is 10.9 Å². The summed E-state index contributed by atoms with van der Waals surface area (Å²) in [5, 5.41) is 5.66. The molecular formula is C23H27N3O3S. The number of thioether (sulfide) groups is 1. The van der Waals surface area contributed by atoms with Crippen molar-refractivity contribution in [3.63, 3.8) is 0 Å². The molecule has 30 heavy (non-hydrogen) atoms. The Hall–Kier alpha value is -2.80. The Labute approximate surface area is 181 Å². The highest BCUT2D eigenvalue weighted by molar-refractivity contribution is 8.16. The lowest BCUT2D eigenvalue weighted by Crippen LogP contribution is -2.38. The van der Waals surface area contributed by atoms with Crippen LogP contribution < -0.4 is 5.32 Å². The number of ether oxygens (including phenoxy) is 1. The minimum Gasteiger partial charge on any atom is -0.458 e. The fraction of sp³-hybridized carbons (Fsp3) is 0.348. The van der Waals surface area contributed by atoms with Gasteiger partial charge in [-0.15, -0.1) is 0 Å². The molecule has 0 fully saturated rings. The molecule has 1 aromatic carbocycles. The van der Waals surface area contributed by atoms with Crippen molar-refractivity contribution >= 4 is 28.8 Å². The van der Waals surface area contributed by atoms with Crippen molar-refractivity contribution in [1.82, 2.24) is 10.2 Å². The Balaban J connectivity index is 1.94. The molecule has 0 saturated carbocycles. The molecule has 7 heteroatoms. The maximum atomic E-state index is 12.9. The van der Waals surface area contributed by atoms with Gasteiger partial charge in [-0.3, -0.25) is 4.79 Å². The first-order valence-electron chi connectivity index (χ1n) is 9.96. The van der Waals surface area contributed by atoms with Crippen molar-refractivity contribution in [1.29, 1.82) is 0 Å². The van der Waals surface area contributed by atoms with Crippen molar-refractivity contribution in [3.8, 4) is 0 Å². The zero-order valence-electron chi connectivity index (χ0n) is 17.6. The maximum absolute atomic E-state index is 12.9.